The van der Waals surface area contributed by atoms with E-state index in [9.17, 15) is 5.11 Å². The highest BCUT2D eigenvalue weighted by Crippen LogP contribution is 2.33. The molecule has 1 atom stereocenters. The Morgan fingerprint density at radius 3 is 2.71 bits per heavy atom. The van der Waals surface area contributed by atoms with Crippen LogP contribution in [0, 0.1) is 0 Å². The number of methoxy groups -OCH3 is 2. The van der Waals surface area contributed by atoms with Crippen LogP contribution in [0.15, 0.2) is 42.5 Å². The number of phenols is 1. The number of benzene rings is 2. The second-order valence-corrected chi connectivity index (χ2v) is 6.03. The van der Waals surface area contributed by atoms with E-state index < -0.39 is 0 Å². The summed E-state index contributed by atoms with van der Waals surface area (Å²) in [4.78, 5) is 2.34. The maximum absolute atomic E-state index is 9.70. The zero-order valence-corrected chi connectivity index (χ0v) is 14.3. The van der Waals surface area contributed by atoms with E-state index in [2.05, 4.69) is 36.2 Å². The molecule has 1 unspecified atom stereocenters. The van der Waals surface area contributed by atoms with E-state index in [1.54, 1.807) is 20.3 Å². The molecule has 2 aromatic rings. The summed E-state index contributed by atoms with van der Waals surface area (Å²) in [5.74, 6) is 1.55. The zero-order valence-electron chi connectivity index (χ0n) is 14.3. The van der Waals surface area contributed by atoms with Crippen molar-refractivity contribution >= 4 is 6.08 Å². The van der Waals surface area contributed by atoms with Crippen molar-refractivity contribution in [2.24, 2.45) is 0 Å². The Morgan fingerprint density at radius 2 is 1.96 bits per heavy atom. The van der Waals surface area contributed by atoms with E-state index in [0.29, 0.717) is 5.75 Å². The molecule has 0 bridgehead atoms. The van der Waals surface area contributed by atoms with Crippen molar-refractivity contribution in [2.75, 3.05) is 27.8 Å². The molecule has 0 amide bonds. The van der Waals surface area contributed by atoms with E-state index in [1.807, 2.05) is 18.2 Å². The molecule has 24 heavy (non-hydrogen) atoms. The molecular formula is C20H23NO3. The van der Waals surface area contributed by atoms with Crippen LogP contribution in [0.3, 0.4) is 0 Å². The molecule has 1 N–H and O–H groups in total. The Balaban J connectivity index is 1.89. The lowest BCUT2D eigenvalue weighted by atomic mass is 9.92. The van der Waals surface area contributed by atoms with Crippen LogP contribution in [0.2, 0.25) is 0 Å². The fraction of sp³-hybridized carbons (Fsp3) is 0.300. The van der Waals surface area contributed by atoms with Crippen molar-refractivity contribution < 1.29 is 14.6 Å². The average molecular weight is 325 g/mol. The average Bonchev–Trinajstić information content (AvgIpc) is 2.61. The van der Waals surface area contributed by atoms with Crippen molar-refractivity contribution in [3.05, 3.63) is 59.2 Å². The molecule has 3 rings (SSSR count). The molecule has 0 radical (unpaired) electrons. The van der Waals surface area contributed by atoms with Gasteiger partial charge in [-0.05, 0) is 54.4 Å². The summed E-state index contributed by atoms with van der Waals surface area (Å²) in [6, 6.07) is 11.9. The van der Waals surface area contributed by atoms with Gasteiger partial charge in [-0.1, -0.05) is 24.3 Å². The molecule has 0 aromatic heterocycles. The maximum atomic E-state index is 9.70. The maximum Gasteiger partial charge on any atom is 0.161 e. The topological polar surface area (TPSA) is 41.9 Å². The number of ether oxygens (including phenoxy) is 2. The van der Waals surface area contributed by atoms with Crippen LogP contribution in [0.4, 0.5) is 0 Å². The highest BCUT2D eigenvalue weighted by atomic mass is 16.5. The van der Waals surface area contributed by atoms with Gasteiger partial charge in [0.05, 0.1) is 20.3 Å². The quantitative estimate of drug-likeness (QED) is 0.932. The summed E-state index contributed by atoms with van der Waals surface area (Å²) >= 11 is 0. The molecule has 126 valence electrons. The lowest BCUT2D eigenvalue weighted by molar-refractivity contribution is 0.271. The minimum atomic E-state index is 0.155. The molecule has 0 spiro atoms. The Bertz CT molecular complexity index is 755. The molecule has 4 nitrogen and oxygen atoms in total. The summed E-state index contributed by atoms with van der Waals surface area (Å²) in [6.07, 6.45) is 5.29. The first-order valence-electron chi connectivity index (χ1n) is 8.04. The minimum absolute atomic E-state index is 0.155. The van der Waals surface area contributed by atoms with Gasteiger partial charge in [0.1, 0.15) is 5.75 Å². The van der Waals surface area contributed by atoms with Gasteiger partial charge < -0.3 is 14.6 Å². The standard InChI is InChI=1S/C20H23NO3/c1-21-11-10-15-13-16(23-2)6-7-17(15)18(21)8-4-14-5-9-19(22)20(12-14)24-3/h4-9,12-13,18,22H,10-11H2,1-3H3/b8-4+. The van der Waals surface area contributed by atoms with E-state index in [0.717, 1.165) is 24.3 Å². The monoisotopic (exact) mass is 325 g/mol. The van der Waals surface area contributed by atoms with Gasteiger partial charge in [-0.3, -0.25) is 4.90 Å². The SMILES string of the molecule is COc1ccc2c(c1)CCN(C)C2/C=C/c1ccc(O)c(OC)c1. The van der Waals surface area contributed by atoms with Crippen LogP contribution in [-0.2, 0) is 6.42 Å². The van der Waals surface area contributed by atoms with Gasteiger partial charge in [0.15, 0.2) is 11.5 Å². The van der Waals surface area contributed by atoms with Crippen LogP contribution in [0.5, 0.6) is 17.2 Å². The molecule has 1 heterocycles. The van der Waals surface area contributed by atoms with Gasteiger partial charge in [0, 0.05) is 6.54 Å². The first kappa shape index (κ1) is 16.4. The third-order valence-corrected chi connectivity index (χ3v) is 4.55. The second kappa shape index (κ2) is 6.97. The van der Waals surface area contributed by atoms with Gasteiger partial charge in [0.2, 0.25) is 0 Å². The summed E-state index contributed by atoms with van der Waals surface area (Å²) in [5, 5.41) is 9.70. The van der Waals surface area contributed by atoms with Crippen LogP contribution < -0.4 is 9.47 Å². The molecule has 1 aliphatic rings. The molecule has 0 saturated heterocycles. The van der Waals surface area contributed by atoms with Gasteiger partial charge in [-0.15, -0.1) is 0 Å². The number of phenolic OH excluding ortho intramolecular Hbond substituents is 1. The van der Waals surface area contributed by atoms with Crippen LogP contribution in [0.25, 0.3) is 6.08 Å². The number of rotatable bonds is 4. The Morgan fingerprint density at radius 1 is 1.12 bits per heavy atom. The molecule has 2 aromatic carbocycles. The second-order valence-electron chi connectivity index (χ2n) is 6.03. The Hall–Kier alpha value is -2.46. The van der Waals surface area contributed by atoms with Crippen LogP contribution in [-0.4, -0.2) is 37.8 Å². The summed E-state index contributed by atoms with van der Waals surface area (Å²) in [5.41, 5.74) is 3.65. The normalized spacial score (nSPS) is 17.7. The largest absolute Gasteiger partial charge is 0.504 e. The van der Waals surface area contributed by atoms with Crippen molar-refractivity contribution in [3.63, 3.8) is 0 Å². The third kappa shape index (κ3) is 3.24. The van der Waals surface area contributed by atoms with Gasteiger partial charge >= 0.3 is 0 Å². The predicted molar refractivity (Wildman–Crippen MR) is 95.8 cm³/mol. The fourth-order valence-electron chi connectivity index (χ4n) is 3.14. The number of fused-ring (bicyclic) bond motifs is 1. The van der Waals surface area contributed by atoms with E-state index in [4.69, 9.17) is 9.47 Å². The molecule has 1 aliphatic heterocycles. The van der Waals surface area contributed by atoms with Crippen molar-refractivity contribution in [1.82, 2.24) is 4.90 Å². The number of nitrogens with zero attached hydrogens (tertiary/aromatic N) is 1. The summed E-state index contributed by atoms with van der Waals surface area (Å²) < 4.78 is 10.5. The first-order valence-corrected chi connectivity index (χ1v) is 8.04. The van der Waals surface area contributed by atoms with Crippen LogP contribution >= 0.6 is 0 Å². The number of hydrogen-bond acceptors (Lipinski definition) is 4. The number of hydrogen-bond donors (Lipinski definition) is 1. The Kier molecular flexibility index (Phi) is 4.76. The van der Waals surface area contributed by atoms with Crippen molar-refractivity contribution in [3.8, 4) is 17.2 Å². The highest BCUT2D eigenvalue weighted by Gasteiger charge is 2.22. The van der Waals surface area contributed by atoms with Crippen molar-refractivity contribution in [1.29, 1.82) is 0 Å². The van der Waals surface area contributed by atoms with E-state index in [-0.39, 0.29) is 11.8 Å². The van der Waals surface area contributed by atoms with Gasteiger partial charge in [0.25, 0.3) is 0 Å². The van der Waals surface area contributed by atoms with Gasteiger partial charge in [-0.2, -0.15) is 0 Å². The fourth-order valence-corrected chi connectivity index (χ4v) is 3.14. The smallest absolute Gasteiger partial charge is 0.161 e. The number of aromatic hydroxyl groups is 1. The van der Waals surface area contributed by atoms with Gasteiger partial charge in [-0.25, -0.2) is 0 Å². The lowest BCUT2D eigenvalue weighted by Crippen LogP contribution is -2.31. The molecule has 4 heteroatoms. The number of likely N-dealkylation sites (N-methyl/N-ethyl adjacent to an activating group) is 1. The first-order chi connectivity index (χ1) is 11.6. The molecule has 0 fully saturated rings. The Labute approximate surface area is 142 Å². The lowest BCUT2D eigenvalue weighted by Gasteiger charge is -2.33. The third-order valence-electron chi connectivity index (χ3n) is 4.55. The zero-order chi connectivity index (χ0) is 17.1. The minimum Gasteiger partial charge on any atom is -0.504 e. The van der Waals surface area contributed by atoms with Crippen LogP contribution in [0.1, 0.15) is 22.7 Å². The summed E-state index contributed by atoms with van der Waals surface area (Å²) in [6.45, 7) is 1.01. The predicted octanol–water partition coefficient (Wildman–Crippen LogP) is 3.65. The molecule has 0 saturated carbocycles. The van der Waals surface area contributed by atoms with E-state index in [1.165, 1.54) is 11.1 Å². The highest BCUT2D eigenvalue weighted by molar-refractivity contribution is 5.57. The molecular weight excluding hydrogens is 302 g/mol. The molecule has 0 aliphatic carbocycles. The van der Waals surface area contributed by atoms with Crippen molar-refractivity contribution in [2.45, 2.75) is 12.5 Å². The summed E-state index contributed by atoms with van der Waals surface area (Å²) in [7, 11) is 5.40. The van der Waals surface area contributed by atoms with E-state index >= 15 is 0 Å².